The highest BCUT2D eigenvalue weighted by atomic mass is 32.1. The molecule has 2 unspecified atom stereocenters. The van der Waals surface area contributed by atoms with Gasteiger partial charge < -0.3 is 5.73 Å². The van der Waals surface area contributed by atoms with Crippen molar-refractivity contribution in [1.29, 1.82) is 0 Å². The second-order valence-corrected chi connectivity index (χ2v) is 8.09. The minimum Gasteiger partial charge on any atom is -0.330 e. The summed E-state index contributed by atoms with van der Waals surface area (Å²) in [5.74, 6) is 0.701. The molecule has 0 saturated heterocycles. The minimum atomic E-state index is 0.272. The molecular weight excluding hydrogens is 252 g/mol. The largest absolute Gasteiger partial charge is 0.330 e. The predicted molar refractivity (Wildman–Crippen MR) is 84.7 cm³/mol. The van der Waals surface area contributed by atoms with Crippen LogP contribution in [0.1, 0.15) is 49.8 Å². The number of hydrogen-bond acceptors (Lipinski definition) is 3. The predicted octanol–water partition coefficient (Wildman–Crippen LogP) is 3.60. The molecule has 1 aromatic heterocycles. The van der Waals surface area contributed by atoms with E-state index in [1.807, 2.05) is 11.3 Å². The fraction of sp³-hybridized carbons (Fsp3) is 0.750. The lowest BCUT2D eigenvalue weighted by Crippen LogP contribution is -2.37. The fourth-order valence-electron chi connectivity index (χ4n) is 3.10. The van der Waals surface area contributed by atoms with Gasteiger partial charge in [-0.05, 0) is 49.9 Å². The maximum Gasteiger partial charge on any atom is 0.0328 e. The summed E-state index contributed by atoms with van der Waals surface area (Å²) in [6, 6.07) is 5.28. The van der Waals surface area contributed by atoms with Crippen molar-refractivity contribution in [3.05, 3.63) is 21.9 Å². The summed E-state index contributed by atoms with van der Waals surface area (Å²) in [5.41, 5.74) is 6.16. The Morgan fingerprint density at radius 3 is 2.63 bits per heavy atom. The van der Waals surface area contributed by atoms with Crippen molar-refractivity contribution in [3.8, 4) is 0 Å². The normalized spacial score (nSPS) is 24.3. The van der Waals surface area contributed by atoms with Crippen molar-refractivity contribution in [2.45, 2.75) is 58.0 Å². The fourth-order valence-corrected chi connectivity index (χ4v) is 4.23. The summed E-state index contributed by atoms with van der Waals surface area (Å²) in [4.78, 5) is 5.48. The molecular formula is C16H28N2S. The Hall–Kier alpha value is -0.380. The van der Waals surface area contributed by atoms with Crippen LogP contribution in [-0.4, -0.2) is 24.5 Å². The summed E-state index contributed by atoms with van der Waals surface area (Å²) in [7, 11) is 2.26. The quantitative estimate of drug-likeness (QED) is 0.913. The monoisotopic (exact) mass is 280 g/mol. The first-order valence-corrected chi connectivity index (χ1v) is 8.23. The molecule has 108 valence electrons. The van der Waals surface area contributed by atoms with Crippen molar-refractivity contribution in [2.75, 3.05) is 13.6 Å². The van der Waals surface area contributed by atoms with E-state index in [0.29, 0.717) is 12.0 Å². The van der Waals surface area contributed by atoms with Crippen molar-refractivity contribution in [2.24, 2.45) is 11.7 Å². The summed E-state index contributed by atoms with van der Waals surface area (Å²) in [6.45, 7) is 8.77. The molecule has 2 rings (SSSR count). The Labute approximate surface area is 122 Å². The first-order chi connectivity index (χ1) is 8.91. The average molecular weight is 280 g/mol. The van der Waals surface area contributed by atoms with Crippen LogP contribution in [0, 0.1) is 5.92 Å². The molecule has 0 bridgehead atoms. The van der Waals surface area contributed by atoms with Crippen LogP contribution in [0.15, 0.2) is 12.1 Å². The van der Waals surface area contributed by atoms with Crippen LogP contribution in [0.3, 0.4) is 0 Å². The number of rotatable bonds is 4. The minimum absolute atomic E-state index is 0.272. The van der Waals surface area contributed by atoms with Gasteiger partial charge in [0.15, 0.2) is 0 Å². The highest BCUT2D eigenvalue weighted by molar-refractivity contribution is 7.12. The molecule has 0 aliphatic heterocycles. The summed E-state index contributed by atoms with van der Waals surface area (Å²) < 4.78 is 0. The van der Waals surface area contributed by atoms with Gasteiger partial charge in [-0.15, -0.1) is 11.3 Å². The van der Waals surface area contributed by atoms with Crippen molar-refractivity contribution in [1.82, 2.24) is 4.90 Å². The van der Waals surface area contributed by atoms with Gasteiger partial charge in [-0.25, -0.2) is 0 Å². The molecule has 0 spiro atoms. The zero-order chi connectivity index (χ0) is 14.0. The molecule has 2 N–H and O–H groups in total. The summed E-state index contributed by atoms with van der Waals surface area (Å²) in [5, 5.41) is 0. The maximum absolute atomic E-state index is 5.89. The topological polar surface area (TPSA) is 29.3 Å². The highest BCUT2D eigenvalue weighted by Gasteiger charge is 2.29. The van der Waals surface area contributed by atoms with Gasteiger partial charge in [-0.2, -0.15) is 0 Å². The zero-order valence-electron chi connectivity index (χ0n) is 12.8. The molecule has 0 radical (unpaired) electrons. The van der Waals surface area contributed by atoms with Gasteiger partial charge in [-0.3, -0.25) is 4.90 Å². The molecule has 1 heterocycles. The second kappa shape index (κ2) is 5.94. The molecule has 0 aromatic carbocycles. The van der Waals surface area contributed by atoms with Gasteiger partial charge in [0.1, 0.15) is 0 Å². The number of nitrogens with two attached hydrogens (primary N) is 1. The Morgan fingerprint density at radius 2 is 2.05 bits per heavy atom. The van der Waals surface area contributed by atoms with E-state index in [0.717, 1.165) is 13.1 Å². The first kappa shape index (κ1) is 15.0. The Bertz CT molecular complexity index is 405. The van der Waals surface area contributed by atoms with E-state index < -0.39 is 0 Å². The van der Waals surface area contributed by atoms with Crippen molar-refractivity contribution in [3.63, 3.8) is 0 Å². The van der Waals surface area contributed by atoms with E-state index in [2.05, 4.69) is 44.9 Å². The first-order valence-electron chi connectivity index (χ1n) is 7.41. The third-order valence-corrected chi connectivity index (χ3v) is 5.79. The highest BCUT2D eigenvalue weighted by Crippen LogP contribution is 2.32. The van der Waals surface area contributed by atoms with Gasteiger partial charge in [0.25, 0.3) is 0 Å². The molecule has 3 heteroatoms. The van der Waals surface area contributed by atoms with E-state index >= 15 is 0 Å². The van der Waals surface area contributed by atoms with E-state index in [-0.39, 0.29) is 5.41 Å². The summed E-state index contributed by atoms with van der Waals surface area (Å²) >= 11 is 1.96. The molecule has 19 heavy (non-hydrogen) atoms. The molecule has 1 aliphatic rings. The Morgan fingerprint density at radius 1 is 1.32 bits per heavy atom. The van der Waals surface area contributed by atoms with E-state index in [1.54, 1.807) is 0 Å². The van der Waals surface area contributed by atoms with Crippen LogP contribution in [0.25, 0.3) is 0 Å². The van der Waals surface area contributed by atoms with Crippen LogP contribution >= 0.6 is 11.3 Å². The second-order valence-electron chi connectivity index (χ2n) is 6.93. The van der Waals surface area contributed by atoms with E-state index in [4.69, 9.17) is 5.73 Å². The maximum atomic E-state index is 5.89. The van der Waals surface area contributed by atoms with Crippen LogP contribution in [0.2, 0.25) is 0 Å². The van der Waals surface area contributed by atoms with Crippen LogP contribution < -0.4 is 5.73 Å². The van der Waals surface area contributed by atoms with Crippen LogP contribution in [0.4, 0.5) is 0 Å². The summed E-state index contributed by atoms with van der Waals surface area (Å²) in [6.07, 6.45) is 3.97. The van der Waals surface area contributed by atoms with Crippen LogP contribution in [-0.2, 0) is 12.0 Å². The number of nitrogens with zero attached hydrogens (tertiary/aromatic N) is 1. The van der Waals surface area contributed by atoms with Gasteiger partial charge in [-0.1, -0.05) is 27.2 Å². The third-order valence-electron chi connectivity index (χ3n) is 4.29. The Balaban J connectivity index is 1.99. The van der Waals surface area contributed by atoms with E-state index in [1.165, 1.54) is 29.0 Å². The SMILES string of the molecule is CN(Cc1ccc(C(C)(C)C)s1)C1CCCC1CN. The molecule has 0 amide bonds. The lowest BCUT2D eigenvalue weighted by Gasteiger charge is -2.28. The van der Waals surface area contributed by atoms with Gasteiger partial charge in [0, 0.05) is 22.3 Å². The standard InChI is InChI=1S/C16H28N2S/c1-16(2,3)15-9-8-13(19-15)11-18(4)14-7-5-6-12(14)10-17/h8-9,12,14H,5-7,10-11,17H2,1-4H3. The van der Waals surface area contributed by atoms with Crippen LogP contribution in [0.5, 0.6) is 0 Å². The smallest absolute Gasteiger partial charge is 0.0328 e. The zero-order valence-corrected chi connectivity index (χ0v) is 13.6. The average Bonchev–Trinajstić information content (AvgIpc) is 2.95. The molecule has 2 nitrogen and oxygen atoms in total. The molecule has 1 aromatic rings. The third kappa shape index (κ3) is 3.59. The van der Waals surface area contributed by atoms with Gasteiger partial charge in [0.05, 0.1) is 0 Å². The Kier molecular flexibility index (Phi) is 4.70. The van der Waals surface area contributed by atoms with E-state index in [9.17, 15) is 0 Å². The number of thiophene rings is 1. The molecule has 1 saturated carbocycles. The lowest BCUT2D eigenvalue weighted by atomic mass is 9.95. The number of hydrogen-bond donors (Lipinski definition) is 1. The molecule has 1 fully saturated rings. The molecule has 1 aliphatic carbocycles. The molecule has 2 atom stereocenters. The van der Waals surface area contributed by atoms with Gasteiger partial charge in [0.2, 0.25) is 0 Å². The lowest BCUT2D eigenvalue weighted by molar-refractivity contribution is 0.194. The van der Waals surface area contributed by atoms with Crippen molar-refractivity contribution >= 4 is 11.3 Å². The van der Waals surface area contributed by atoms with Gasteiger partial charge >= 0.3 is 0 Å². The van der Waals surface area contributed by atoms with Crippen molar-refractivity contribution < 1.29 is 0 Å².